The van der Waals surface area contributed by atoms with Gasteiger partial charge in [0.05, 0.1) is 5.52 Å². The zero-order valence-electron chi connectivity index (χ0n) is 9.12. The van der Waals surface area contributed by atoms with Gasteiger partial charge in [-0.25, -0.2) is 9.97 Å². The minimum absolute atomic E-state index is 0.590. The third-order valence-corrected chi connectivity index (χ3v) is 2.40. The molecule has 0 aliphatic rings. The molecule has 2 N–H and O–H groups in total. The van der Waals surface area contributed by atoms with Crippen LogP contribution in [0, 0.1) is 6.92 Å². The maximum atomic E-state index is 5.91. The predicted molar refractivity (Wildman–Crippen MR) is 62.7 cm³/mol. The van der Waals surface area contributed by atoms with Gasteiger partial charge in [-0.05, 0) is 25.5 Å². The van der Waals surface area contributed by atoms with E-state index in [1.165, 1.54) is 5.56 Å². The van der Waals surface area contributed by atoms with Gasteiger partial charge in [-0.15, -0.1) is 0 Å². The molecule has 78 valence electrons. The summed E-state index contributed by atoms with van der Waals surface area (Å²) in [7, 11) is 0. The first kappa shape index (κ1) is 9.90. The number of nitrogens with zero attached hydrogens (tertiary/aromatic N) is 2. The van der Waals surface area contributed by atoms with Gasteiger partial charge in [0.15, 0.2) is 0 Å². The van der Waals surface area contributed by atoms with Gasteiger partial charge in [0.25, 0.3) is 0 Å². The van der Waals surface area contributed by atoms with E-state index in [9.17, 15) is 0 Å². The van der Waals surface area contributed by atoms with Crippen molar-refractivity contribution in [2.45, 2.75) is 26.7 Å². The number of nitrogens with two attached hydrogens (primary N) is 1. The highest BCUT2D eigenvalue weighted by molar-refractivity contribution is 5.88. The van der Waals surface area contributed by atoms with E-state index < -0.39 is 0 Å². The second kappa shape index (κ2) is 3.85. The summed E-state index contributed by atoms with van der Waals surface area (Å²) in [5, 5.41) is 0.954. The van der Waals surface area contributed by atoms with Crippen molar-refractivity contribution in [1.29, 1.82) is 0 Å². The Morgan fingerprint density at radius 1 is 1.27 bits per heavy atom. The molecule has 0 atom stereocenters. The van der Waals surface area contributed by atoms with Crippen molar-refractivity contribution >= 4 is 16.7 Å². The van der Waals surface area contributed by atoms with Gasteiger partial charge in [0.2, 0.25) is 0 Å². The summed E-state index contributed by atoms with van der Waals surface area (Å²) >= 11 is 0. The fraction of sp³-hybridized carbons (Fsp3) is 0.333. The van der Waals surface area contributed by atoms with Crippen molar-refractivity contribution in [3.63, 3.8) is 0 Å². The zero-order chi connectivity index (χ0) is 10.8. The van der Waals surface area contributed by atoms with Crippen LogP contribution in [-0.2, 0) is 6.42 Å². The first-order chi connectivity index (χ1) is 7.20. The number of hydrogen-bond donors (Lipinski definition) is 1. The fourth-order valence-corrected chi connectivity index (χ4v) is 1.65. The van der Waals surface area contributed by atoms with Crippen molar-refractivity contribution < 1.29 is 0 Å². The quantitative estimate of drug-likeness (QED) is 0.812. The van der Waals surface area contributed by atoms with Gasteiger partial charge < -0.3 is 5.73 Å². The molecular weight excluding hydrogens is 186 g/mol. The molecule has 3 nitrogen and oxygen atoms in total. The second-order valence-electron chi connectivity index (χ2n) is 3.80. The Morgan fingerprint density at radius 3 is 2.80 bits per heavy atom. The molecule has 2 aromatic rings. The highest BCUT2D eigenvalue weighted by Crippen LogP contribution is 2.19. The van der Waals surface area contributed by atoms with Crippen LogP contribution in [0.3, 0.4) is 0 Å². The molecule has 1 aromatic carbocycles. The average molecular weight is 201 g/mol. The van der Waals surface area contributed by atoms with E-state index in [4.69, 9.17) is 5.73 Å². The predicted octanol–water partition coefficient (Wildman–Crippen LogP) is 2.47. The van der Waals surface area contributed by atoms with Crippen LogP contribution in [0.25, 0.3) is 10.9 Å². The molecule has 0 amide bonds. The number of rotatable bonds is 2. The molecule has 0 saturated carbocycles. The van der Waals surface area contributed by atoms with Crippen LogP contribution < -0.4 is 5.73 Å². The van der Waals surface area contributed by atoms with Crippen LogP contribution in [-0.4, -0.2) is 9.97 Å². The molecule has 1 aromatic heterocycles. The number of nitrogen functional groups attached to an aromatic ring is 1. The maximum Gasteiger partial charge on any atom is 0.135 e. The van der Waals surface area contributed by atoms with Crippen molar-refractivity contribution in [3.05, 3.63) is 29.6 Å². The van der Waals surface area contributed by atoms with Crippen LogP contribution in [0.15, 0.2) is 18.2 Å². The van der Waals surface area contributed by atoms with Crippen molar-refractivity contribution in [2.24, 2.45) is 0 Å². The largest absolute Gasteiger partial charge is 0.383 e. The maximum absolute atomic E-state index is 5.91. The Hall–Kier alpha value is -1.64. The number of hydrogen-bond acceptors (Lipinski definition) is 3. The molecule has 1 heterocycles. The molecule has 15 heavy (non-hydrogen) atoms. The highest BCUT2D eigenvalue weighted by atomic mass is 14.9. The summed E-state index contributed by atoms with van der Waals surface area (Å²) in [6.45, 7) is 4.15. The Balaban J connectivity index is 2.62. The van der Waals surface area contributed by atoms with E-state index in [0.29, 0.717) is 5.82 Å². The molecule has 3 heteroatoms. The van der Waals surface area contributed by atoms with Crippen LogP contribution in [0.4, 0.5) is 5.82 Å². The Kier molecular flexibility index (Phi) is 2.54. The highest BCUT2D eigenvalue weighted by Gasteiger charge is 2.04. The van der Waals surface area contributed by atoms with Gasteiger partial charge in [0.1, 0.15) is 11.6 Å². The van der Waals surface area contributed by atoms with Crippen LogP contribution in [0.5, 0.6) is 0 Å². The summed E-state index contributed by atoms with van der Waals surface area (Å²) < 4.78 is 0. The second-order valence-corrected chi connectivity index (χ2v) is 3.80. The molecule has 0 saturated heterocycles. The standard InChI is InChI=1S/C12H15N3/c1-3-4-11-14-10-6-5-8(2)7-9(10)12(13)15-11/h5-7H,3-4H2,1-2H3,(H2,13,14,15). The van der Waals surface area contributed by atoms with Crippen molar-refractivity contribution in [2.75, 3.05) is 5.73 Å². The Labute approximate surface area is 89.4 Å². The normalized spacial score (nSPS) is 10.8. The van der Waals surface area contributed by atoms with Gasteiger partial charge in [-0.1, -0.05) is 18.6 Å². The SMILES string of the molecule is CCCc1nc(N)c2cc(C)ccc2n1. The summed E-state index contributed by atoms with van der Waals surface area (Å²) in [5.74, 6) is 1.43. The number of aryl methyl sites for hydroxylation is 2. The molecule has 0 unspecified atom stereocenters. The smallest absolute Gasteiger partial charge is 0.135 e. The fourth-order valence-electron chi connectivity index (χ4n) is 1.65. The number of aromatic nitrogens is 2. The molecular formula is C12H15N3. The lowest BCUT2D eigenvalue weighted by atomic mass is 10.1. The molecule has 0 fully saturated rings. The first-order valence-electron chi connectivity index (χ1n) is 5.23. The summed E-state index contributed by atoms with van der Waals surface area (Å²) in [6.07, 6.45) is 1.92. The zero-order valence-corrected chi connectivity index (χ0v) is 9.12. The van der Waals surface area contributed by atoms with E-state index >= 15 is 0 Å². The average Bonchev–Trinajstić information content (AvgIpc) is 2.20. The third kappa shape index (κ3) is 1.91. The molecule has 0 aliphatic carbocycles. The molecule has 0 aliphatic heterocycles. The third-order valence-electron chi connectivity index (χ3n) is 2.40. The van der Waals surface area contributed by atoms with Crippen molar-refractivity contribution in [3.8, 4) is 0 Å². The number of fused-ring (bicyclic) bond motifs is 1. The Bertz CT molecular complexity index is 491. The van der Waals surface area contributed by atoms with Crippen molar-refractivity contribution in [1.82, 2.24) is 9.97 Å². The lowest BCUT2D eigenvalue weighted by Crippen LogP contribution is -2.00. The Morgan fingerprint density at radius 2 is 2.07 bits per heavy atom. The van der Waals surface area contributed by atoms with Gasteiger partial charge >= 0.3 is 0 Å². The summed E-state index contributed by atoms with van der Waals surface area (Å²) in [6, 6.07) is 6.08. The molecule has 0 bridgehead atoms. The minimum atomic E-state index is 0.590. The first-order valence-corrected chi connectivity index (χ1v) is 5.23. The summed E-state index contributed by atoms with van der Waals surface area (Å²) in [4.78, 5) is 8.77. The van der Waals surface area contributed by atoms with Crippen LogP contribution in [0.2, 0.25) is 0 Å². The van der Waals surface area contributed by atoms with Crippen LogP contribution in [0.1, 0.15) is 24.7 Å². The topological polar surface area (TPSA) is 51.8 Å². The monoisotopic (exact) mass is 201 g/mol. The molecule has 0 radical (unpaired) electrons. The van der Waals surface area contributed by atoms with Gasteiger partial charge in [-0.3, -0.25) is 0 Å². The van der Waals surface area contributed by atoms with E-state index in [2.05, 4.69) is 16.9 Å². The lowest BCUT2D eigenvalue weighted by molar-refractivity contribution is 0.847. The lowest BCUT2D eigenvalue weighted by Gasteiger charge is -2.05. The van der Waals surface area contributed by atoms with E-state index in [1.807, 2.05) is 25.1 Å². The van der Waals surface area contributed by atoms with Gasteiger partial charge in [-0.2, -0.15) is 0 Å². The number of benzene rings is 1. The van der Waals surface area contributed by atoms with E-state index in [1.54, 1.807) is 0 Å². The van der Waals surface area contributed by atoms with E-state index in [0.717, 1.165) is 29.6 Å². The van der Waals surface area contributed by atoms with E-state index in [-0.39, 0.29) is 0 Å². The minimum Gasteiger partial charge on any atom is -0.383 e. The molecule has 0 spiro atoms. The number of anilines is 1. The molecule has 2 rings (SSSR count). The summed E-state index contributed by atoms with van der Waals surface area (Å²) in [5.41, 5.74) is 8.03. The van der Waals surface area contributed by atoms with Gasteiger partial charge in [0, 0.05) is 11.8 Å². The van der Waals surface area contributed by atoms with Crippen LogP contribution >= 0.6 is 0 Å².